The first-order valence-electron chi connectivity index (χ1n) is 11.0. The number of benzene rings is 2. The van der Waals surface area contributed by atoms with Crippen molar-refractivity contribution in [3.63, 3.8) is 0 Å². The second kappa shape index (κ2) is 10.9. The Hall–Kier alpha value is -2.75. The van der Waals surface area contributed by atoms with Crippen LogP contribution in [0.5, 0.6) is 0 Å². The lowest BCUT2D eigenvalue weighted by Crippen LogP contribution is -2.32. The highest BCUT2D eigenvalue weighted by atomic mass is 32.2. The van der Waals surface area contributed by atoms with Crippen molar-refractivity contribution in [1.29, 1.82) is 0 Å². The summed E-state index contributed by atoms with van der Waals surface area (Å²) in [4.78, 5) is 3.44. The standard InChI is InChI=1S/C24H31N5O2S2/c1-5-11-29(12-6-2)33(30,31)20-8-10-23-21(14-20)19(15-25-23)16-26-28-24(32)27-22-9-7-17(3)13-18(22)4/h7-10,13-16,25H,5-6,11-12H2,1-4H3,(H2,27,28,32). The Kier molecular flexibility index (Phi) is 8.23. The molecule has 7 nitrogen and oxygen atoms in total. The third-order valence-electron chi connectivity index (χ3n) is 5.27. The fraction of sp³-hybridized carbons (Fsp3) is 0.333. The normalized spacial score (nSPS) is 12.0. The number of hydrogen-bond acceptors (Lipinski definition) is 4. The van der Waals surface area contributed by atoms with Crippen LogP contribution in [0.15, 0.2) is 52.6 Å². The summed E-state index contributed by atoms with van der Waals surface area (Å²) < 4.78 is 27.9. The number of anilines is 1. The Bertz CT molecular complexity index is 1260. The Morgan fingerprint density at radius 1 is 1.12 bits per heavy atom. The topological polar surface area (TPSA) is 89.6 Å². The average molecular weight is 486 g/mol. The van der Waals surface area contributed by atoms with Gasteiger partial charge in [0.2, 0.25) is 10.0 Å². The summed E-state index contributed by atoms with van der Waals surface area (Å²) in [5.74, 6) is 0. The number of fused-ring (bicyclic) bond motifs is 1. The van der Waals surface area contributed by atoms with E-state index in [0.717, 1.165) is 40.6 Å². The number of thiocarbonyl (C=S) groups is 1. The van der Waals surface area contributed by atoms with E-state index in [2.05, 4.69) is 26.9 Å². The van der Waals surface area contributed by atoms with E-state index in [1.807, 2.05) is 39.8 Å². The molecular formula is C24H31N5O2S2. The maximum atomic E-state index is 13.2. The van der Waals surface area contributed by atoms with Crippen molar-refractivity contribution < 1.29 is 8.42 Å². The van der Waals surface area contributed by atoms with E-state index in [9.17, 15) is 8.42 Å². The molecule has 0 amide bonds. The van der Waals surface area contributed by atoms with Gasteiger partial charge in [0.15, 0.2) is 5.11 Å². The molecule has 0 fully saturated rings. The molecule has 0 radical (unpaired) electrons. The van der Waals surface area contributed by atoms with Gasteiger partial charge in [-0.05, 0) is 68.7 Å². The van der Waals surface area contributed by atoms with Crippen LogP contribution >= 0.6 is 12.2 Å². The van der Waals surface area contributed by atoms with E-state index in [0.29, 0.717) is 18.2 Å². The molecule has 0 saturated heterocycles. The lowest BCUT2D eigenvalue weighted by molar-refractivity contribution is 0.410. The molecule has 3 N–H and O–H groups in total. The predicted molar refractivity (Wildman–Crippen MR) is 141 cm³/mol. The minimum Gasteiger partial charge on any atom is -0.361 e. The van der Waals surface area contributed by atoms with Crippen LogP contribution in [0.4, 0.5) is 5.69 Å². The zero-order valence-electron chi connectivity index (χ0n) is 19.5. The van der Waals surface area contributed by atoms with E-state index < -0.39 is 10.0 Å². The van der Waals surface area contributed by atoms with Gasteiger partial charge >= 0.3 is 0 Å². The molecule has 0 aliphatic rings. The summed E-state index contributed by atoms with van der Waals surface area (Å²) in [7, 11) is -3.56. The van der Waals surface area contributed by atoms with Crippen LogP contribution in [0.3, 0.4) is 0 Å². The molecule has 0 saturated carbocycles. The molecule has 9 heteroatoms. The molecule has 1 aromatic heterocycles. The largest absolute Gasteiger partial charge is 0.361 e. The Labute approximate surface area is 201 Å². The summed E-state index contributed by atoms with van der Waals surface area (Å²) in [6.07, 6.45) is 4.96. The van der Waals surface area contributed by atoms with Crippen LogP contribution in [0, 0.1) is 13.8 Å². The van der Waals surface area contributed by atoms with E-state index >= 15 is 0 Å². The number of aromatic amines is 1. The van der Waals surface area contributed by atoms with E-state index in [-0.39, 0.29) is 4.90 Å². The van der Waals surface area contributed by atoms with Crippen molar-refractivity contribution >= 4 is 50.2 Å². The summed E-state index contributed by atoms with van der Waals surface area (Å²) in [5, 5.41) is 8.52. The summed E-state index contributed by atoms with van der Waals surface area (Å²) >= 11 is 5.34. The van der Waals surface area contributed by atoms with Gasteiger partial charge in [-0.15, -0.1) is 0 Å². The smallest absolute Gasteiger partial charge is 0.243 e. The quantitative estimate of drug-likeness (QED) is 0.227. The van der Waals surface area contributed by atoms with Crippen LogP contribution < -0.4 is 10.7 Å². The molecule has 0 unspecified atom stereocenters. The second-order valence-electron chi connectivity index (χ2n) is 8.00. The van der Waals surface area contributed by atoms with Crippen LogP contribution in [0.1, 0.15) is 43.4 Å². The maximum Gasteiger partial charge on any atom is 0.243 e. The Morgan fingerprint density at radius 2 is 1.85 bits per heavy atom. The van der Waals surface area contributed by atoms with E-state index in [1.165, 1.54) is 5.56 Å². The fourth-order valence-electron chi connectivity index (χ4n) is 3.65. The first-order valence-corrected chi connectivity index (χ1v) is 12.9. The van der Waals surface area contributed by atoms with Gasteiger partial charge in [-0.3, -0.25) is 5.43 Å². The van der Waals surface area contributed by atoms with Crippen molar-refractivity contribution in [2.75, 3.05) is 18.4 Å². The highest BCUT2D eigenvalue weighted by Gasteiger charge is 2.23. The van der Waals surface area contributed by atoms with Crippen LogP contribution in [-0.4, -0.2) is 42.1 Å². The van der Waals surface area contributed by atoms with Gasteiger partial charge < -0.3 is 10.3 Å². The van der Waals surface area contributed by atoms with Crippen LogP contribution in [0.25, 0.3) is 10.9 Å². The molecule has 2 aromatic carbocycles. The maximum absolute atomic E-state index is 13.2. The van der Waals surface area contributed by atoms with Crippen molar-refractivity contribution in [3.05, 3.63) is 59.3 Å². The van der Waals surface area contributed by atoms with Crippen LogP contribution in [-0.2, 0) is 10.0 Å². The molecular weight excluding hydrogens is 454 g/mol. The van der Waals surface area contributed by atoms with Gasteiger partial charge in [-0.2, -0.15) is 9.41 Å². The predicted octanol–water partition coefficient (Wildman–Crippen LogP) is 4.92. The molecule has 1 heterocycles. The fourth-order valence-corrected chi connectivity index (χ4v) is 5.47. The molecule has 0 atom stereocenters. The molecule has 3 aromatic rings. The van der Waals surface area contributed by atoms with Gasteiger partial charge in [0.05, 0.1) is 11.1 Å². The lowest BCUT2D eigenvalue weighted by Gasteiger charge is -2.21. The summed E-state index contributed by atoms with van der Waals surface area (Å²) in [5.41, 5.74) is 7.61. The first-order chi connectivity index (χ1) is 15.8. The molecule has 0 spiro atoms. The monoisotopic (exact) mass is 485 g/mol. The number of hydrogen-bond donors (Lipinski definition) is 3. The molecule has 0 aliphatic carbocycles. The highest BCUT2D eigenvalue weighted by molar-refractivity contribution is 7.89. The van der Waals surface area contributed by atoms with Crippen molar-refractivity contribution in [1.82, 2.24) is 14.7 Å². The number of sulfonamides is 1. The molecule has 176 valence electrons. The SMILES string of the molecule is CCCN(CCC)S(=O)(=O)c1ccc2[nH]cc(C=NNC(=S)Nc3ccc(C)cc3C)c2c1. The number of rotatable bonds is 9. The van der Waals surface area contributed by atoms with Gasteiger partial charge in [0, 0.05) is 41.4 Å². The lowest BCUT2D eigenvalue weighted by atomic mass is 10.1. The third kappa shape index (κ3) is 5.98. The number of hydrazone groups is 1. The van der Waals surface area contributed by atoms with Gasteiger partial charge in [-0.25, -0.2) is 8.42 Å². The second-order valence-corrected chi connectivity index (χ2v) is 10.3. The van der Waals surface area contributed by atoms with Crippen molar-refractivity contribution in [2.24, 2.45) is 5.10 Å². The van der Waals surface area contributed by atoms with E-state index in [1.54, 1.807) is 34.9 Å². The van der Waals surface area contributed by atoms with Gasteiger partial charge in [-0.1, -0.05) is 31.5 Å². The number of H-pyrrole nitrogens is 1. The zero-order chi connectivity index (χ0) is 24.0. The van der Waals surface area contributed by atoms with Gasteiger partial charge in [0.1, 0.15) is 0 Å². The number of aryl methyl sites for hydroxylation is 2. The number of aromatic nitrogens is 1. The first kappa shape index (κ1) is 24.9. The Balaban J connectivity index is 1.77. The van der Waals surface area contributed by atoms with Gasteiger partial charge in [0.25, 0.3) is 0 Å². The molecule has 33 heavy (non-hydrogen) atoms. The minimum atomic E-state index is -3.56. The van der Waals surface area contributed by atoms with E-state index in [4.69, 9.17) is 12.2 Å². The number of nitrogens with zero attached hydrogens (tertiary/aromatic N) is 2. The Morgan fingerprint density at radius 3 is 2.52 bits per heavy atom. The zero-order valence-corrected chi connectivity index (χ0v) is 21.1. The van der Waals surface area contributed by atoms with Crippen LogP contribution in [0.2, 0.25) is 0 Å². The molecule has 0 aliphatic heterocycles. The summed E-state index contributed by atoms with van der Waals surface area (Å²) in [6.45, 7) is 9.03. The number of nitrogens with one attached hydrogen (secondary N) is 3. The average Bonchev–Trinajstić information content (AvgIpc) is 3.18. The highest BCUT2D eigenvalue weighted by Crippen LogP contribution is 2.24. The minimum absolute atomic E-state index is 0.283. The summed E-state index contributed by atoms with van der Waals surface area (Å²) in [6, 6.07) is 11.2. The molecule has 3 rings (SSSR count). The van der Waals surface area contributed by atoms with Crippen molar-refractivity contribution in [2.45, 2.75) is 45.4 Å². The van der Waals surface area contributed by atoms with Crippen molar-refractivity contribution in [3.8, 4) is 0 Å². The molecule has 0 bridgehead atoms. The third-order valence-corrected chi connectivity index (χ3v) is 7.36.